The van der Waals surface area contributed by atoms with Gasteiger partial charge in [0.1, 0.15) is 0 Å². The molecule has 6 heteroatoms. The van der Waals surface area contributed by atoms with Crippen molar-refractivity contribution in [3.8, 4) is 0 Å². The van der Waals surface area contributed by atoms with E-state index in [1.165, 1.54) is 0 Å². The zero-order chi connectivity index (χ0) is 13.0. The number of likely N-dealkylation sites (tertiary alicyclic amines) is 1. The van der Waals surface area contributed by atoms with Crippen molar-refractivity contribution in [1.29, 1.82) is 0 Å². The Bertz CT molecular complexity index is 316. The number of hydrogen-bond acceptors (Lipinski definition) is 4. The fourth-order valence-electron chi connectivity index (χ4n) is 2.49. The van der Waals surface area contributed by atoms with Crippen LogP contribution in [-0.4, -0.2) is 67.6 Å². The molecule has 2 fully saturated rings. The van der Waals surface area contributed by atoms with Gasteiger partial charge in [0, 0.05) is 39.1 Å². The van der Waals surface area contributed by atoms with Crippen LogP contribution in [0.3, 0.4) is 0 Å². The number of amides is 2. The lowest BCUT2D eigenvalue weighted by atomic mass is 10.1. The number of carbonyl (C=O) groups excluding carboxylic acids is 2. The fourth-order valence-corrected chi connectivity index (χ4v) is 2.49. The van der Waals surface area contributed by atoms with Crippen LogP contribution in [0.1, 0.15) is 12.8 Å². The number of primary amides is 1. The van der Waals surface area contributed by atoms with Crippen molar-refractivity contribution in [2.24, 2.45) is 11.7 Å². The molecule has 102 valence electrons. The van der Waals surface area contributed by atoms with Gasteiger partial charge in [-0.05, 0) is 6.42 Å². The molecule has 0 aliphatic carbocycles. The van der Waals surface area contributed by atoms with Crippen LogP contribution >= 0.6 is 0 Å². The molecule has 0 aromatic carbocycles. The van der Waals surface area contributed by atoms with Gasteiger partial charge in [0.25, 0.3) is 0 Å². The Kier molecular flexibility index (Phi) is 4.54. The predicted molar refractivity (Wildman–Crippen MR) is 65.8 cm³/mol. The van der Waals surface area contributed by atoms with E-state index in [1.54, 1.807) is 4.90 Å². The number of hydrogen-bond donors (Lipinski definition) is 1. The van der Waals surface area contributed by atoms with Crippen LogP contribution in [0.4, 0.5) is 0 Å². The van der Waals surface area contributed by atoms with Crippen molar-refractivity contribution >= 4 is 11.8 Å². The Hall–Kier alpha value is -1.14. The van der Waals surface area contributed by atoms with Gasteiger partial charge >= 0.3 is 0 Å². The molecule has 2 aliphatic heterocycles. The Morgan fingerprint density at radius 2 is 2.06 bits per heavy atom. The molecule has 0 bridgehead atoms. The van der Waals surface area contributed by atoms with E-state index in [4.69, 9.17) is 10.5 Å². The molecule has 2 heterocycles. The summed E-state index contributed by atoms with van der Waals surface area (Å²) in [5, 5.41) is 0. The third-order valence-corrected chi connectivity index (χ3v) is 3.62. The van der Waals surface area contributed by atoms with Gasteiger partial charge in [-0.15, -0.1) is 0 Å². The lowest BCUT2D eigenvalue weighted by Crippen LogP contribution is -2.38. The van der Waals surface area contributed by atoms with Crippen LogP contribution in [0.5, 0.6) is 0 Å². The molecule has 2 amide bonds. The highest BCUT2D eigenvalue weighted by atomic mass is 16.5. The molecule has 2 aliphatic rings. The molecule has 0 aromatic heterocycles. The standard InChI is InChI=1S/C12H21N3O3/c13-12(17)10-8-11(16)15(9-10)3-1-2-14-4-6-18-7-5-14/h10H,1-9H2,(H2,13,17)/t10-/m0/s1. The Labute approximate surface area is 107 Å². The normalized spacial score (nSPS) is 25.7. The van der Waals surface area contributed by atoms with Crippen LogP contribution in [0.25, 0.3) is 0 Å². The van der Waals surface area contributed by atoms with Gasteiger partial charge in [-0.3, -0.25) is 14.5 Å². The monoisotopic (exact) mass is 255 g/mol. The van der Waals surface area contributed by atoms with Gasteiger partial charge in [0.05, 0.1) is 19.1 Å². The zero-order valence-electron chi connectivity index (χ0n) is 10.6. The summed E-state index contributed by atoms with van der Waals surface area (Å²) in [6, 6.07) is 0. The molecule has 0 spiro atoms. The zero-order valence-corrected chi connectivity index (χ0v) is 10.6. The van der Waals surface area contributed by atoms with E-state index < -0.39 is 0 Å². The molecule has 6 nitrogen and oxygen atoms in total. The molecule has 0 aromatic rings. The maximum absolute atomic E-state index is 11.7. The summed E-state index contributed by atoms with van der Waals surface area (Å²) in [7, 11) is 0. The number of nitrogens with zero attached hydrogens (tertiary/aromatic N) is 2. The van der Waals surface area contributed by atoms with Crippen LogP contribution in [0, 0.1) is 5.92 Å². The average molecular weight is 255 g/mol. The van der Waals surface area contributed by atoms with E-state index in [0.717, 1.165) is 45.8 Å². The van der Waals surface area contributed by atoms with E-state index in [2.05, 4.69) is 4.90 Å². The largest absolute Gasteiger partial charge is 0.379 e. The first-order valence-corrected chi connectivity index (χ1v) is 6.54. The van der Waals surface area contributed by atoms with Gasteiger partial charge in [0.2, 0.25) is 11.8 Å². The summed E-state index contributed by atoms with van der Waals surface area (Å²) in [6.07, 6.45) is 1.23. The molecular formula is C12H21N3O3. The molecule has 2 saturated heterocycles. The third kappa shape index (κ3) is 3.43. The van der Waals surface area contributed by atoms with Gasteiger partial charge in [-0.25, -0.2) is 0 Å². The lowest BCUT2D eigenvalue weighted by molar-refractivity contribution is -0.128. The topological polar surface area (TPSA) is 75.9 Å². The summed E-state index contributed by atoms with van der Waals surface area (Å²) in [5.74, 6) is -0.597. The first kappa shape index (κ1) is 13.3. The van der Waals surface area contributed by atoms with E-state index in [1.807, 2.05) is 0 Å². The molecular weight excluding hydrogens is 234 g/mol. The highest BCUT2D eigenvalue weighted by Crippen LogP contribution is 2.17. The van der Waals surface area contributed by atoms with Crippen molar-refractivity contribution in [2.45, 2.75) is 12.8 Å². The predicted octanol–water partition coefficient (Wildman–Crippen LogP) is -0.957. The van der Waals surface area contributed by atoms with E-state index in [-0.39, 0.29) is 24.2 Å². The highest BCUT2D eigenvalue weighted by Gasteiger charge is 2.32. The third-order valence-electron chi connectivity index (χ3n) is 3.62. The fraction of sp³-hybridized carbons (Fsp3) is 0.833. The maximum atomic E-state index is 11.7. The lowest BCUT2D eigenvalue weighted by Gasteiger charge is -2.27. The number of carbonyl (C=O) groups is 2. The van der Waals surface area contributed by atoms with Crippen molar-refractivity contribution in [3.63, 3.8) is 0 Å². The molecule has 0 radical (unpaired) electrons. The molecule has 0 saturated carbocycles. The maximum Gasteiger partial charge on any atom is 0.223 e. The van der Waals surface area contributed by atoms with E-state index in [9.17, 15) is 9.59 Å². The Morgan fingerprint density at radius 1 is 1.33 bits per heavy atom. The number of rotatable bonds is 5. The Balaban J connectivity index is 1.67. The second kappa shape index (κ2) is 6.15. The van der Waals surface area contributed by atoms with Gasteiger partial charge in [-0.1, -0.05) is 0 Å². The van der Waals surface area contributed by atoms with Crippen LogP contribution < -0.4 is 5.73 Å². The summed E-state index contributed by atoms with van der Waals surface area (Å²) >= 11 is 0. The molecule has 0 unspecified atom stereocenters. The van der Waals surface area contributed by atoms with E-state index in [0.29, 0.717) is 6.54 Å². The van der Waals surface area contributed by atoms with Gasteiger partial charge in [-0.2, -0.15) is 0 Å². The highest BCUT2D eigenvalue weighted by molar-refractivity contribution is 5.88. The van der Waals surface area contributed by atoms with Crippen LogP contribution in [0.2, 0.25) is 0 Å². The molecule has 1 atom stereocenters. The quantitative estimate of drug-likeness (QED) is 0.686. The first-order valence-electron chi connectivity index (χ1n) is 6.54. The molecule has 2 rings (SSSR count). The van der Waals surface area contributed by atoms with Crippen LogP contribution in [0.15, 0.2) is 0 Å². The van der Waals surface area contributed by atoms with Crippen LogP contribution in [-0.2, 0) is 14.3 Å². The molecule has 2 N–H and O–H groups in total. The van der Waals surface area contributed by atoms with Gasteiger partial charge in [0.15, 0.2) is 0 Å². The minimum Gasteiger partial charge on any atom is -0.379 e. The van der Waals surface area contributed by atoms with E-state index >= 15 is 0 Å². The minimum atomic E-state index is -0.362. The second-order valence-electron chi connectivity index (χ2n) is 4.95. The summed E-state index contributed by atoms with van der Waals surface area (Å²) in [6.45, 7) is 5.74. The Morgan fingerprint density at radius 3 is 2.67 bits per heavy atom. The summed E-state index contributed by atoms with van der Waals surface area (Å²) in [4.78, 5) is 26.8. The number of ether oxygens (including phenoxy) is 1. The molecule has 18 heavy (non-hydrogen) atoms. The smallest absolute Gasteiger partial charge is 0.223 e. The second-order valence-corrected chi connectivity index (χ2v) is 4.95. The number of nitrogens with two attached hydrogens (primary N) is 1. The van der Waals surface area contributed by atoms with Crippen molar-refractivity contribution in [3.05, 3.63) is 0 Å². The average Bonchev–Trinajstić information content (AvgIpc) is 2.73. The van der Waals surface area contributed by atoms with Gasteiger partial charge < -0.3 is 15.4 Å². The summed E-state index contributed by atoms with van der Waals surface area (Å²) in [5.41, 5.74) is 5.23. The SMILES string of the molecule is NC(=O)[C@H]1CC(=O)N(CCCN2CCOCC2)C1. The minimum absolute atomic E-state index is 0.0563. The first-order chi connectivity index (χ1) is 8.66. The van der Waals surface area contributed by atoms with Crippen molar-refractivity contribution < 1.29 is 14.3 Å². The van der Waals surface area contributed by atoms with Crippen molar-refractivity contribution in [2.75, 3.05) is 45.9 Å². The number of morpholine rings is 1. The summed E-state index contributed by atoms with van der Waals surface area (Å²) < 4.78 is 5.28. The van der Waals surface area contributed by atoms with Crippen molar-refractivity contribution in [1.82, 2.24) is 9.80 Å².